The molecule has 1 rings (SSSR count). The third-order valence-electron chi connectivity index (χ3n) is 2.92. The quantitative estimate of drug-likeness (QED) is 0.707. The van der Waals surface area contributed by atoms with Gasteiger partial charge in [-0.15, -0.1) is 0 Å². The van der Waals surface area contributed by atoms with Crippen LogP contribution in [0.2, 0.25) is 0 Å². The summed E-state index contributed by atoms with van der Waals surface area (Å²) in [6.07, 6.45) is 3.37. The Labute approximate surface area is 116 Å². The number of unbranched alkanes of at least 4 members (excludes halogenated alkanes) is 1. The van der Waals surface area contributed by atoms with Crippen molar-refractivity contribution in [3.8, 4) is 0 Å². The van der Waals surface area contributed by atoms with E-state index in [-0.39, 0.29) is 11.8 Å². The van der Waals surface area contributed by atoms with E-state index in [0.717, 1.165) is 29.6 Å². The van der Waals surface area contributed by atoms with Crippen LogP contribution in [0.4, 0.5) is 0 Å². The molecule has 5 heteroatoms. The molecule has 0 bridgehead atoms. The van der Waals surface area contributed by atoms with Crippen LogP contribution in [0.25, 0.3) is 0 Å². The van der Waals surface area contributed by atoms with Crippen molar-refractivity contribution in [2.75, 3.05) is 7.05 Å². The third-order valence-corrected chi connectivity index (χ3v) is 3.93. The lowest BCUT2D eigenvalue weighted by atomic mass is 10.0. The normalized spacial score (nSPS) is 19.6. The van der Waals surface area contributed by atoms with Crippen LogP contribution in [0.15, 0.2) is 15.8 Å². The summed E-state index contributed by atoms with van der Waals surface area (Å²) >= 11 is 9.49. The Morgan fingerprint density at radius 3 is 2.71 bits per heavy atom. The second-order valence-electron chi connectivity index (χ2n) is 4.13. The van der Waals surface area contributed by atoms with E-state index in [4.69, 9.17) is 11.6 Å². The highest BCUT2D eigenvalue weighted by Gasteiger charge is 2.31. The van der Waals surface area contributed by atoms with Crippen molar-refractivity contribution in [3.05, 3.63) is 10.9 Å². The Kier molecular flexibility index (Phi) is 5.67. The molecule has 0 aromatic carbocycles. The van der Waals surface area contributed by atoms with Gasteiger partial charge in [-0.1, -0.05) is 31.9 Å². The van der Waals surface area contributed by atoms with Crippen LogP contribution in [0.3, 0.4) is 0 Å². The number of aliphatic imine (C=N–C) groups is 1. The van der Waals surface area contributed by atoms with Gasteiger partial charge in [0, 0.05) is 13.5 Å². The van der Waals surface area contributed by atoms with Gasteiger partial charge in [0.2, 0.25) is 5.91 Å². The Bertz CT molecular complexity index is 366. The van der Waals surface area contributed by atoms with Crippen molar-refractivity contribution in [1.29, 1.82) is 0 Å². The van der Waals surface area contributed by atoms with Crippen molar-refractivity contribution in [3.63, 3.8) is 0 Å². The number of halogens is 2. The van der Waals surface area contributed by atoms with Gasteiger partial charge in [-0.2, -0.15) is 0 Å². The predicted octanol–water partition coefficient (Wildman–Crippen LogP) is 3.88. The van der Waals surface area contributed by atoms with Gasteiger partial charge < -0.3 is 4.90 Å². The molecular formula is C12H18BrClN2O. The molecule has 0 saturated carbocycles. The highest BCUT2D eigenvalue weighted by atomic mass is 79.9. The second kappa shape index (κ2) is 6.55. The van der Waals surface area contributed by atoms with E-state index in [1.165, 1.54) is 0 Å². The number of amides is 1. The molecule has 0 saturated heterocycles. The molecule has 3 nitrogen and oxygen atoms in total. The molecule has 0 aliphatic carbocycles. The minimum Gasteiger partial charge on any atom is -0.315 e. The minimum atomic E-state index is 0.107. The largest absolute Gasteiger partial charge is 0.315 e. The highest BCUT2D eigenvalue weighted by molar-refractivity contribution is 9.18. The van der Waals surface area contributed by atoms with Gasteiger partial charge in [0.05, 0.1) is 16.2 Å². The lowest BCUT2D eigenvalue weighted by Crippen LogP contribution is -2.30. The van der Waals surface area contributed by atoms with E-state index in [2.05, 4.69) is 34.8 Å². The Balaban J connectivity index is 2.79. The number of carbonyl (C=O) groups is 1. The highest BCUT2D eigenvalue weighted by Crippen LogP contribution is 2.35. The van der Waals surface area contributed by atoms with Crippen LogP contribution in [0.1, 0.15) is 39.5 Å². The molecule has 0 fully saturated rings. The zero-order chi connectivity index (χ0) is 13.0. The van der Waals surface area contributed by atoms with Gasteiger partial charge in [0.15, 0.2) is 0 Å². The van der Waals surface area contributed by atoms with Crippen LogP contribution in [0.5, 0.6) is 0 Å². The van der Waals surface area contributed by atoms with E-state index in [1.54, 1.807) is 11.9 Å². The van der Waals surface area contributed by atoms with Gasteiger partial charge in [-0.25, -0.2) is 4.99 Å². The maximum absolute atomic E-state index is 12.0. The molecule has 0 spiro atoms. The molecule has 1 unspecified atom stereocenters. The maximum atomic E-state index is 12.0. The molecule has 0 aromatic heterocycles. The van der Waals surface area contributed by atoms with Crippen LogP contribution in [0, 0.1) is 5.92 Å². The number of rotatable bonds is 5. The number of allylic oxidation sites excluding steroid dienone is 1. The van der Waals surface area contributed by atoms with Gasteiger partial charge >= 0.3 is 0 Å². The van der Waals surface area contributed by atoms with Crippen LogP contribution in [-0.4, -0.2) is 22.5 Å². The summed E-state index contributed by atoms with van der Waals surface area (Å²) in [6, 6.07) is 0. The van der Waals surface area contributed by atoms with Crippen LogP contribution >= 0.6 is 27.5 Å². The second-order valence-corrected chi connectivity index (χ2v) is 5.30. The molecule has 0 N–H and O–H groups in total. The predicted molar refractivity (Wildman–Crippen MR) is 75.3 cm³/mol. The Morgan fingerprint density at radius 2 is 2.18 bits per heavy atom. The monoisotopic (exact) mass is 320 g/mol. The molecule has 1 aliphatic rings. The summed E-state index contributed by atoms with van der Waals surface area (Å²) in [5.74, 6) is 0.217. The number of nitrogens with zero attached hydrogens (tertiary/aromatic N) is 2. The smallest absolute Gasteiger partial charge is 0.226 e. The number of hydrogen-bond acceptors (Lipinski definition) is 2. The topological polar surface area (TPSA) is 32.7 Å². The molecule has 1 atom stereocenters. The van der Waals surface area contributed by atoms with Crippen LogP contribution in [-0.2, 0) is 4.79 Å². The maximum Gasteiger partial charge on any atom is 0.226 e. The Hall–Kier alpha value is -0.350. The van der Waals surface area contributed by atoms with Crippen molar-refractivity contribution < 1.29 is 4.79 Å². The summed E-state index contributed by atoms with van der Waals surface area (Å²) in [4.78, 5) is 17.8. The van der Waals surface area contributed by atoms with E-state index in [1.807, 2.05) is 0 Å². The first-order valence-electron chi connectivity index (χ1n) is 5.93. The molecule has 0 radical (unpaired) electrons. The summed E-state index contributed by atoms with van der Waals surface area (Å²) < 4.78 is 0.815. The SMILES string of the molecule is CCCCC(=O)N(C)C1=C(Cl)N=C(Br)C1CC. The molecule has 0 aromatic rings. The fraction of sp³-hybridized carbons (Fsp3) is 0.667. The van der Waals surface area contributed by atoms with Crippen molar-refractivity contribution in [1.82, 2.24) is 4.90 Å². The molecule has 1 amide bonds. The van der Waals surface area contributed by atoms with Crippen LogP contribution < -0.4 is 0 Å². The molecule has 1 heterocycles. The minimum absolute atomic E-state index is 0.107. The first-order valence-corrected chi connectivity index (χ1v) is 7.10. The van der Waals surface area contributed by atoms with Crippen molar-refractivity contribution >= 4 is 38.1 Å². The standard InChI is InChI=1S/C12H18BrClN2O/c1-4-6-7-9(17)16(3)10-8(5-2)11(13)15-12(10)14/h8H,4-7H2,1-3H3. The zero-order valence-electron chi connectivity index (χ0n) is 10.5. The lowest BCUT2D eigenvalue weighted by Gasteiger charge is -2.23. The van der Waals surface area contributed by atoms with Gasteiger partial charge in [0.25, 0.3) is 0 Å². The van der Waals surface area contributed by atoms with E-state index in [0.29, 0.717) is 11.6 Å². The lowest BCUT2D eigenvalue weighted by molar-refractivity contribution is -0.128. The average molecular weight is 322 g/mol. The summed E-state index contributed by atoms with van der Waals surface area (Å²) in [5, 5.41) is 0.427. The molecule has 1 aliphatic heterocycles. The Morgan fingerprint density at radius 1 is 1.53 bits per heavy atom. The first-order chi connectivity index (χ1) is 8.02. The first kappa shape index (κ1) is 14.7. The van der Waals surface area contributed by atoms with Crippen molar-refractivity contribution in [2.45, 2.75) is 39.5 Å². The molecule has 96 valence electrons. The van der Waals surface area contributed by atoms with E-state index >= 15 is 0 Å². The summed E-state index contributed by atoms with van der Waals surface area (Å²) in [5.41, 5.74) is 0.821. The fourth-order valence-corrected chi connectivity index (χ4v) is 3.02. The fourth-order valence-electron chi connectivity index (χ4n) is 1.85. The average Bonchev–Trinajstić information content (AvgIpc) is 2.59. The third kappa shape index (κ3) is 3.32. The zero-order valence-corrected chi connectivity index (χ0v) is 12.8. The summed E-state index contributed by atoms with van der Waals surface area (Å²) in [7, 11) is 1.78. The van der Waals surface area contributed by atoms with Gasteiger partial charge in [-0.05, 0) is 28.8 Å². The molecular weight excluding hydrogens is 304 g/mol. The van der Waals surface area contributed by atoms with Gasteiger partial charge in [0.1, 0.15) is 5.16 Å². The molecule has 17 heavy (non-hydrogen) atoms. The number of hydrogen-bond donors (Lipinski definition) is 0. The van der Waals surface area contributed by atoms with E-state index < -0.39 is 0 Å². The number of carbonyl (C=O) groups excluding carboxylic acids is 1. The van der Waals surface area contributed by atoms with E-state index in [9.17, 15) is 4.79 Å². The van der Waals surface area contributed by atoms with Crippen molar-refractivity contribution in [2.24, 2.45) is 10.9 Å². The summed E-state index contributed by atoms with van der Waals surface area (Å²) in [6.45, 7) is 4.13. The van der Waals surface area contributed by atoms with Gasteiger partial charge in [-0.3, -0.25) is 4.79 Å².